The van der Waals surface area contributed by atoms with Gasteiger partial charge >= 0.3 is 0 Å². The largest absolute Gasteiger partial charge is 0.382 e. The van der Waals surface area contributed by atoms with Crippen LogP contribution in [-0.4, -0.2) is 60.7 Å². The van der Waals surface area contributed by atoms with E-state index in [0.29, 0.717) is 11.7 Å². The van der Waals surface area contributed by atoms with Gasteiger partial charge in [0, 0.05) is 46.7 Å². The fraction of sp³-hybridized carbons (Fsp3) is 0.294. The molecule has 1 aliphatic heterocycles. The van der Waals surface area contributed by atoms with Gasteiger partial charge in [-0.15, -0.1) is 0 Å². The van der Waals surface area contributed by atoms with E-state index in [4.69, 9.17) is 9.97 Å². The predicted molar refractivity (Wildman–Crippen MR) is 170 cm³/mol. The Labute approximate surface area is 249 Å². The van der Waals surface area contributed by atoms with Gasteiger partial charge in [0.1, 0.15) is 17.0 Å². The van der Waals surface area contributed by atoms with Crippen molar-refractivity contribution in [3.8, 4) is 33.9 Å². The van der Waals surface area contributed by atoms with Crippen LogP contribution in [0.4, 0.5) is 10.1 Å². The van der Waals surface area contributed by atoms with Crippen LogP contribution in [0.15, 0.2) is 67.1 Å². The number of aromatic amines is 2. The molecule has 8 nitrogen and oxygen atoms in total. The van der Waals surface area contributed by atoms with Crippen LogP contribution in [0.1, 0.15) is 38.7 Å². The van der Waals surface area contributed by atoms with Crippen molar-refractivity contribution in [1.29, 1.82) is 0 Å². The average Bonchev–Trinajstić information content (AvgIpc) is 3.76. The van der Waals surface area contributed by atoms with Crippen LogP contribution in [0.2, 0.25) is 0 Å². The number of aromatic nitrogens is 6. The Bertz CT molecular complexity index is 1900. The summed E-state index contributed by atoms with van der Waals surface area (Å²) in [6, 6.07) is 15.6. The lowest BCUT2D eigenvalue weighted by atomic mass is 10.0. The summed E-state index contributed by atoms with van der Waals surface area (Å²) in [5.41, 5.74) is 9.23. The predicted octanol–water partition coefficient (Wildman–Crippen LogP) is 7.22. The number of nitrogens with one attached hydrogen (secondary N) is 3. The lowest BCUT2D eigenvalue weighted by molar-refractivity contribution is 0.334. The molecule has 0 atom stereocenters. The number of halogens is 1. The summed E-state index contributed by atoms with van der Waals surface area (Å²) in [5.74, 6) is -0.236. The molecule has 218 valence electrons. The highest BCUT2D eigenvalue weighted by Crippen LogP contribution is 2.34. The highest BCUT2D eigenvalue weighted by molar-refractivity contribution is 5.99. The van der Waals surface area contributed by atoms with Crippen LogP contribution in [0.25, 0.3) is 55.8 Å². The zero-order valence-electron chi connectivity index (χ0n) is 24.5. The number of pyridine rings is 3. The summed E-state index contributed by atoms with van der Waals surface area (Å²) in [4.78, 5) is 20.1. The average molecular weight is 575 g/mol. The Balaban J connectivity index is 1.21. The molecule has 0 saturated carbocycles. The number of nitrogens with zero attached hydrogens (tertiary/aromatic N) is 5. The second-order valence-corrected chi connectivity index (χ2v) is 11.7. The van der Waals surface area contributed by atoms with Gasteiger partial charge in [0.15, 0.2) is 0 Å². The van der Waals surface area contributed by atoms with Crippen molar-refractivity contribution in [3.05, 3.63) is 78.5 Å². The number of anilines is 1. The highest BCUT2D eigenvalue weighted by atomic mass is 19.1. The normalized spacial score (nSPS) is 14.0. The van der Waals surface area contributed by atoms with Gasteiger partial charge in [-0.05, 0) is 113 Å². The Kier molecular flexibility index (Phi) is 7.32. The maximum Gasteiger partial charge on any atom is 0.135 e. The number of fused-ring (bicyclic) bond motifs is 2. The number of H-pyrrole nitrogens is 2. The fourth-order valence-electron chi connectivity index (χ4n) is 6.10. The molecule has 0 spiro atoms. The molecule has 1 aliphatic rings. The van der Waals surface area contributed by atoms with Gasteiger partial charge in [-0.2, -0.15) is 5.10 Å². The minimum absolute atomic E-state index is 0.236. The molecular weight excluding hydrogens is 539 g/mol. The van der Waals surface area contributed by atoms with Crippen LogP contribution in [0, 0.1) is 5.82 Å². The van der Waals surface area contributed by atoms with Gasteiger partial charge in [-0.1, -0.05) is 0 Å². The number of aryl methyl sites for hydroxylation is 1. The second-order valence-electron chi connectivity index (χ2n) is 11.7. The van der Waals surface area contributed by atoms with Crippen molar-refractivity contribution in [1.82, 2.24) is 35.0 Å². The molecule has 0 bridgehead atoms. The molecule has 1 saturated heterocycles. The maximum atomic E-state index is 14.8. The third kappa shape index (κ3) is 5.72. The topological polar surface area (TPSA) is 98.4 Å². The van der Waals surface area contributed by atoms with Crippen molar-refractivity contribution >= 4 is 27.6 Å². The summed E-state index contributed by atoms with van der Waals surface area (Å²) >= 11 is 0. The standard InChI is InChI=1S/C34H35FN8/c1-21(2)38-26-17-24(19-36-20-26)28-7-8-30-33(40-28)34(42-41-30)31-18-27-29(39-31)9-10-37-32(27)23-14-22(15-25(35)16-23)6-5-13-43-11-3-4-12-43/h7-10,14-21,38-39H,3-6,11-13H2,1-2H3,(H,41,42). The van der Waals surface area contributed by atoms with Crippen molar-refractivity contribution in [2.75, 3.05) is 25.0 Å². The van der Waals surface area contributed by atoms with Crippen molar-refractivity contribution < 1.29 is 4.39 Å². The van der Waals surface area contributed by atoms with Gasteiger partial charge in [0.2, 0.25) is 0 Å². The number of rotatable bonds is 9. The first-order valence-electron chi connectivity index (χ1n) is 15.1. The van der Waals surface area contributed by atoms with E-state index < -0.39 is 0 Å². The van der Waals surface area contributed by atoms with Gasteiger partial charge in [-0.25, -0.2) is 9.37 Å². The zero-order chi connectivity index (χ0) is 29.3. The summed E-state index contributed by atoms with van der Waals surface area (Å²) in [7, 11) is 0. The molecule has 0 aliphatic carbocycles. The number of hydrogen-bond acceptors (Lipinski definition) is 6. The molecule has 0 unspecified atom stereocenters. The minimum atomic E-state index is -0.236. The van der Waals surface area contributed by atoms with Gasteiger partial charge in [0.25, 0.3) is 0 Å². The van der Waals surface area contributed by atoms with E-state index in [1.54, 1.807) is 18.3 Å². The number of hydrogen-bond donors (Lipinski definition) is 3. The van der Waals surface area contributed by atoms with Crippen molar-refractivity contribution in [2.45, 2.75) is 45.6 Å². The quantitative estimate of drug-likeness (QED) is 0.169. The molecule has 3 N–H and O–H groups in total. The van der Waals surface area contributed by atoms with Crippen LogP contribution in [0.3, 0.4) is 0 Å². The fourth-order valence-corrected chi connectivity index (χ4v) is 6.10. The van der Waals surface area contributed by atoms with Crippen LogP contribution < -0.4 is 5.32 Å². The number of likely N-dealkylation sites (tertiary alicyclic amines) is 1. The van der Waals surface area contributed by atoms with Gasteiger partial charge in [0.05, 0.1) is 28.3 Å². The van der Waals surface area contributed by atoms with Gasteiger partial charge in [-0.3, -0.25) is 15.1 Å². The third-order valence-electron chi connectivity index (χ3n) is 8.07. The Morgan fingerprint density at radius 2 is 1.84 bits per heavy atom. The molecule has 9 heteroatoms. The second kappa shape index (κ2) is 11.6. The van der Waals surface area contributed by atoms with E-state index in [1.165, 1.54) is 25.9 Å². The smallest absolute Gasteiger partial charge is 0.135 e. The monoisotopic (exact) mass is 574 g/mol. The lowest BCUT2D eigenvalue weighted by Crippen LogP contribution is -2.20. The van der Waals surface area contributed by atoms with Crippen molar-refractivity contribution in [2.24, 2.45) is 0 Å². The molecule has 5 aromatic heterocycles. The van der Waals surface area contributed by atoms with E-state index in [2.05, 4.69) is 56.4 Å². The van der Waals surface area contributed by atoms with E-state index in [-0.39, 0.29) is 5.82 Å². The Hall–Kier alpha value is -4.63. The zero-order valence-corrected chi connectivity index (χ0v) is 24.5. The minimum Gasteiger partial charge on any atom is -0.382 e. The Morgan fingerprint density at radius 1 is 0.953 bits per heavy atom. The molecular formula is C34H35FN8. The van der Waals surface area contributed by atoms with E-state index in [0.717, 1.165) is 80.8 Å². The summed E-state index contributed by atoms with van der Waals surface area (Å²) in [6.45, 7) is 7.61. The SMILES string of the molecule is CC(C)Nc1cncc(-c2ccc3[nH]nc(-c4cc5c(-c6cc(F)cc(CCCN7CCCC7)c6)nccc5[nH]4)c3n2)c1. The molecule has 6 aromatic rings. The van der Waals surface area contributed by atoms with Crippen molar-refractivity contribution in [3.63, 3.8) is 0 Å². The van der Waals surface area contributed by atoms with E-state index in [1.807, 2.05) is 36.7 Å². The molecule has 6 heterocycles. The summed E-state index contributed by atoms with van der Waals surface area (Å²) < 4.78 is 14.8. The molecule has 1 aromatic carbocycles. The van der Waals surface area contributed by atoms with E-state index >= 15 is 0 Å². The summed E-state index contributed by atoms with van der Waals surface area (Å²) in [5, 5.41) is 12.1. The maximum absolute atomic E-state index is 14.8. The molecule has 0 radical (unpaired) electrons. The van der Waals surface area contributed by atoms with Crippen LogP contribution in [-0.2, 0) is 6.42 Å². The first-order chi connectivity index (χ1) is 21.0. The molecule has 0 amide bonds. The molecule has 1 fully saturated rings. The first kappa shape index (κ1) is 27.2. The molecule has 43 heavy (non-hydrogen) atoms. The van der Waals surface area contributed by atoms with E-state index in [9.17, 15) is 4.39 Å². The highest BCUT2D eigenvalue weighted by Gasteiger charge is 2.17. The third-order valence-corrected chi connectivity index (χ3v) is 8.07. The van der Waals surface area contributed by atoms with Gasteiger partial charge < -0.3 is 15.2 Å². The number of benzene rings is 1. The van der Waals surface area contributed by atoms with Crippen LogP contribution in [0.5, 0.6) is 0 Å². The summed E-state index contributed by atoms with van der Waals surface area (Å²) in [6.07, 6.45) is 9.83. The first-order valence-corrected chi connectivity index (χ1v) is 15.1. The molecule has 7 rings (SSSR count). The van der Waals surface area contributed by atoms with Crippen LogP contribution >= 0.6 is 0 Å². The Morgan fingerprint density at radius 3 is 2.70 bits per heavy atom. The lowest BCUT2D eigenvalue weighted by Gasteiger charge is -2.14.